The summed E-state index contributed by atoms with van der Waals surface area (Å²) in [6.07, 6.45) is 3.31. The number of aromatic nitrogens is 2. The fourth-order valence-electron chi connectivity index (χ4n) is 3.07. The molecule has 2 aromatic rings. The van der Waals surface area contributed by atoms with E-state index in [9.17, 15) is 9.59 Å². The number of thiazole rings is 1. The predicted molar refractivity (Wildman–Crippen MR) is 96.1 cm³/mol. The predicted octanol–water partition coefficient (Wildman–Crippen LogP) is 2.83. The smallest absolute Gasteiger partial charge is 0.410 e. The van der Waals surface area contributed by atoms with E-state index in [0.717, 1.165) is 17.8 Å². The lowest BCUT2D eigenvalue weighted by molar-refractivity contribution is 0.0225. The van der Waals surface area contributed by atoms with Crippen molar-refractivity contribution in [3.8, 4) is 0 Å². The molecular formula is C17H24N4O3S. The van der Waals surface area contributed by atoms with Crippen LogP contribution in [0.1, 0.15) is 49.8 Å². The molecule has 1 fully saturated rings. The Morgan fingerprint density at radius 2 is 2.20 bits per heavy atom. The fraction of sp³-hybridized carbons (Fsp3) is 0.588. The number of hydrogen-bond acceptors (Lipinski definition) is 5. The minimum Gasteiger partial charge on any atom is -0.444 e. The third-order valence-corrected chi connectivity index (χ3v) is 4.91. The highest BCUT2D eigenvalue weighted by Crippen LogP contribution is 2.21. The Morgan fingerprint density at radius 3 is 2.92 bits per heavy atom. The molecule has 3 heterocycles. The number of imidazole rings is 1. The van der Waals surface area contributed by atoms with Crippen molar-refractivity contribution in [2.24, 2.45) is 0 Å². The third-order valence-electron chi connectivity index (χ3n) is 4.15. The molecule has 0 aromatic carbocycles. The molecule has 2 amide bonds. The van der Waals surface area contributed by atoms with Crippen molar-refractivity contribution in [3.05, 3.63) is 23.0 Å². The van der Waals surface area contributed by atoms with Crippen molar-refractivity contribution in [1.82, 2.24) is 19.6 Å². The zero-order valence-electron chi connectivity index (χ0n) is 15.0. The highest BCUT2D eigenvalue weighted by molar-refractivity contribution is 7.15. The maximum atomic E-state index is 12.6. The van der Waals surface area contributed by atoms with Gasteiger partial charge in [0.25, 0.3) is 5.91 Å². The molecular weight excluding hydrogens is 340 g/mol. The number of nitrogens with one attached hydrogen (secondary N) is 1. The number of likely N-dealkylation sites (tertiary alicyclic amines) is 1. The molecule has 1 atom stereocenters. The van der Waals surface area contributed by atoms with Crippen molar-refractivity contribution in [2.75, 3.05) is 13.1 Å². The number of carbonyl (C=O) groups excluding carboxylic acids is 2. The second-order valence-electron chi connectivity index (χ2n) is 7.28. The molecule has 7 nitrogen and oxygen atoms in total. The zero-order valence-corrected chi connectivity index (χ0v) is 15.9. The number of fused-ring (bicyclic) bond motifs is 1. The summed E-state index contributed by atoms with van der Waals surface area (Å²) >= 11 is 1.50. The van der Waals surface area contributed by atoms with E-state index in [1.165, 1.54) is 11.3 Å². The van der Waals surface area contributed by atoms with Gasteiger partial charge in [-0.1, -0.05) is 0 Å². The van der Waals surface area contributed by atoms with E-state index in [-0.39, 0.29) is 18.0 Å². The highest BCUT2D eigenvalue weighted by atomic mass is 32.1. The number of rotatable bonds is 3. The number of hydrogen-bond donors (Lipinski definition) is 1. The van der Waals surface area contributed by atoms with Crippen LogP contribution in [0.5, 0.6) is 0 Å². The Kier molecular flexibility index (Phi) is 4.73. The highest BCUT2D eigenvalue weighted by Gasteiger charge is 2.32. The lowest BCUT2D eigenvalue weighted by atomic mass is 10.2. The summed E-state index contributed by atoms with van der Waals surface area (Å²) in [6.45, 7) is 8.47. The molecule has 0 radical (unpaired) electrons. The molecule has 3 rings (SSSR count). The van der Waals surface area contributed by atoms with Gasteiger partial charge in [-0.15, -0.1) is 11.3 Å². The number of aryl methyl sites for hydroxylation is 1. The van der Waals surface area contributed by atoms with Crippen LogP contribution in [-0.2, 0) is 4.74 Å². The molecule has 1 saturated heterocycles. The molecule has 0 saturated carbocycles. The van der Waals surface area contributed by atoms with E-state index >= 15 is 0 Å². The summed E-state index contributed by atoms with van der Waals surface area (Å²) in [5.74, 6) is -0.167. The maximum absolute atomic E-state index is 12.6. The van der Waals surface area contributed by atoms with Crippen LogP contribution in [0.15, 0.2) is 11.6 Å². The van der Waals surface area contributed by atoms with Crippen LogP contribution >= 0.6 is 11.3 Å². The molecule has 8 heteroatoms. The molecule has 0 spiro atoms. The van der Waals surface area contributed by atoms with Gasteiger partial charge in [0.05, 0.1) is 11.7 Å². The van der Waals surface area contributed by atoms with Gasteiger partial charge in [0.2, 0.25) is 0 Å². The quantitative estimate of drug-likeness (QED) is 0.909. The van der Waals surface area contributed by atoms with Gasteiger partial charge in [-0.3, -0.25) is 9.20 Å². The van der Waals surface area contributed by atoms with Gasteiger partial charge in [0.15, 0.2) is 4.96 Å². The molecule has 1 N–H and O–H groups in total. The number of nitrogens with zero attached hydrogens (tertiary/aromatic N) is 3. The van der Waals surface area contributed by atoms with Crippen molar-refractivity contribution >= 4 is 28.3 Å². The van der Waals surface area contributed by atoms with Crippen molar-refractivity contribution < 1.29 is 14.3 Å². The van der Waals surface area contributed by atoms with Crippen LogP contribution in [0, 0.1) is 6.92 Å². The molecule has 136 valence electrons. The van der Waals surface area contributed by atoms with Crippen molar-refractivity contribution in [3.63, 3.8) is 0 Å². The summed E-state index contributed by atoms with van der Waals surface area (Å²) in [4.78, 5) is 31.8. The van der Waals surface area contributed by atoms with E-state index in [1.807, 2.05) is 39.3 Å². The first kappa shape index (κ1) is 17.7. The largest absolute Gasteiger partial charge is 0.444 e. The van der Waals surface area contributed by atoms with E-state index in [4.69, 9.17) is 4.74 Å². The van der Waals surface area contributed by atoms with Gasteiger partial charge in [0.1, 0.15) is 11.3 Å². The van der Waals surface area contributed by atoms with Crippen LogP contribution in [0.4, 0.5) is 4.79 Å². The summed E-state index contributed by atoms with van der Waals surface area (Å²) in [6, 6.07) is -0.0370. The number of ether oxygens (including phenoxy) is 1. The van der Waals surface area contributed by atoms with Crippen LogP contribution in [0.25, 0.3) is 4.96 Å². The van der Waals surface area contributed by atoms with Crippen molar-refractivity contribution in [1.29, 1.82) is 0 Å². The standard InChI is InChI=1S/C17H24N4O3S/c1-11-13(21-8-9-25-15(21)19-11)14(22)18-10-12-6-5-7-20(12)16(23)24-17(2,3)4/h8-9,12H,5-7,10H2,1-4H3,(H,18,22)/t12-/m0/s1. The summed E-state index contributed by atoms with van der Waals surface area (Å²) in [5.41, 5.74) is 0.741. The molecule has 0 unspecified atom stereocenters. The van der Waals surface area contributed by atoms with Gasteiger partial charge in [-0.25, -0.2) is 9.78 Å². The first-order valence-electron chi connectivity index (χ1n) is 8.46. The van der Waals surface area contributed by atoms with E-state index in [1.54, 1.807) is 9.30 Å². The monoisotopic (exact) mass is 364 g/mol. The van der Waals surface area contributed by atoms with E-state index in [2.05, 4.69) is 10.3 Å². The number of carbonyl (C=O) groups is 2. The lowest BCUT2D eigenvalue weighted by Crippen LogP contribution is -2.45. The van der Waals surface area contributed by atoms with Crippen LogP contribution in [-0.4, -0.2) is 51.0 Å². The fourth-order valence-corrected chi connectivity index (χ4v) is 3.83. The van der Waals surface area contributed by atoms with E-state index in [0.29, 0.717) is 24.5 Å². The summed E-state index contributed by atoms with van der Waals surface area (Å²) in [7, 11) is 0. The second kappa shape index (κ2) is 6.67. The third kappa shape index (κ3) is 3.78. The second-order valence-corrected chi connectivity index (χ2v) is 8.15. The topological polar surface area (TPSA) is 75.9 Å². The lowest BCUT2D eigenvalue weighted by Gasteiger charge is -2.28. The van der Waals surface area contributed by atoms with Gasteiger partial charge < -0.3 is 15.0 Å². The van der Waals surface area contributed by atoms with Gasteiger partial charge in [-0.05, 0) is 40.5 Å². The van der Waals surface area contributed by atoms with Gasteiger partial charge in [0, 0.05) is 24.7 Å². The van der Waals surface area contributed by atoms with Gasteiger partial charge in [-0.2, -0.15) is 0 Å². The van der Waals surface area contributed by atoms with Gasteiger partial charge >= 0.3 is 6.09 Å². The average Bonchev–Trinajstić information content (AvgIpc) is 3.17. The van der Waals surface area contributed by atoms with Crippen LogP contribution < -0.4 is 5.32 Å². The Morgan fingerprint density at radius 1 is 1.44 bits per heavy atom. The first-order valence-corrected chi connectivity index (χ1v) is 9.34. The Labute approximate surface area is 151 Å². The Bertz CT molecular complexity index is 790. The molecule has 25 heavy (non-hydrogen) atoms. The summed E-state index contributed by atoms with van der Waals surface area (Å²) in [5, 5.41) is 4.86. The molecule has 2 aromatic heterocycles. The minimum atomic E-state index is -0.521. The summed E-state index contributed by atoms with van der Waals surface area (Å²) < 4.78 is 7.26. The Hall–Kier alpha value is -2.09. The average molecular weight is 364 g/mol. The normalized spacial score (nSPS) is 17.9. The SMILES string of the molecule is Cc1nc2sccn2c1C(=O)NC[C@@H]1CCCN1C(=O)OC(C)(C)C. The van der Waals surface area contributed by atoms with Crippen LogP contribution in [0.3, 0.4) is 0 Å². The molecule has 1 aliphatic rings. The molecule has 1 aliphatic heterocycles. The maximum Gasteiger partial charge on any atom is 0.410 e. The van der Waals surface area contributed by atoms with Crippen LogP contribution in [0.2, 0.25) is 0 Å². The number of amides is 2. The molecule has 0 aliphatic carbocycles. The zero-order chi connectivity index (χ0) is 18.2. The van der Waals surface area contributed by atoms with E-state index < -0.39 is 5.60 Å². The van der Waals surface area contributed by atoms with Crippen molar-refractivity contribution in [2.45, 2.75) is 52.2 Å². The Balaban J connectivity index is 1.64. The minimum absolute atomic E-state index is 0.0370. The molecule has 0 bridgehead atoms. The first-order chi connectivity index (χ1) is 11.8.